The summed E-state index contributed by atoms with van der Waals surface area (Å²) in [5.41, 5.74) is 1.32. The van der Waals surface area contributed by atoms with Gasteiger partial charge in [0, 0.05) is 18.1 Å². The molecule has 3 heterocycles. The summed E-state index contributed by atoms with van der Waals surface area (Å²) >= 11 is 2.38. The molecule has 0 aromatic carbocycles. The van der Waals surface area contributed by atoms with Gasteiger partial charge in [-0.05, 0) is 25.5 Å². The zero-order valence-electron chi connectivity index (χ0n) is 17.5. The minimum Gasteiger partial charge on any atom is -0.461 e. The highest BCUT2D eigenvalue weighted by Gasteiger charge is 2.56. The number of ether oxygens (including phenoxy) is 1. The van der Waals surface area contributed by atoms with Gasteiger partial charge >= 0.3 is 18.3 Å². The minimum atomic E-state index is -5.47. The number of carbonyl (C=O) groups is 1. The van der Waals surface area contributed by atoms with E-state index in [0.717, 1.165) is 17.5 Å². The zero-order valence-corrected chi connectivity index (χ0v) is 19.2. The fourth-order valence-electron chi connectivity index (χ4n) is 2.70. The molecule has 0 bridgehead atoms. The molecule has 0 aliphatic carbocycles. The Kier molecular flexibility index (Phi) is 7.77. The Morgan fingerprint density at radius 2 is 1.85 bits per heavy atom. The van der Waals surface area contributed by atoms with Crippen LogP contribution in [-0.4, -0.2) is 45.9 Å². The van der Waals surface area contributed by atoms with Gasteiger partial charge in [0.25, 0.3) is 0 Å². The van der Waals surface area contributed by atoms with E-state index in [1.165, 1.54) is 28.8 Å². The third-order valence-corrected chi connectivity index (χ3v) is 6.13. The highest BCUT2D eigenvalue weighted by molar-refractivity contribution is 7.18. The van der Waals surface area contributed by atoms with Gasteiger partial charge in [-0.15, -0.1) is 22.7 Å². The molecule has 0 fully saturated rings. The fraction of sp³-hybridized carbons (Fsp3) is 0.368. The Bertz CT molecular complexity index is 1110. The predicted octanol–water partition coefficient (Wildman–Crippen LogP) is 5.47. The molecule has 0 spiro atoms. The van der Waals surface area contributed by atoms with Crippen molar-refractivity contribution in [3.63, 3.8) is 0 Å². The summed E-state index contributed by atoms with van der Waals surface area (Å²) in [6.07, 6.45) is -9.78. The van der Waals surface area contributed by atoms with E-state index in [-0.39, 0.29) is 17.2 Å². The molecule has 3 aromatic rings. The van der Waals surface area contributed by atoms with Crippen molar-refractivity contribution >= 4 is 39.6 Å². The van der Waals surface area contributed by atoms with Gasteiger partial charge in [-0.2, -0.15) is 26.3 Å². The van der Waals surface area contributed by atoms with Gasteiger partial charge in [0.05, 0.1) is 22.9 Å². The largest absolute Gasteiger partial charge is 0.461 e. The number of hydrogen-bond acceptors (Lipinski definition) is 9. The molecule has 0 unspecified atom stereocenters. The molecule has 0 saturated heterocycles. The van der Waals surface area contributed by atoms with Gasteiger partial charge < -0.3 is 10.1 Å². The lowest BCUT2D eigenvalue weighted by Crippen LogP contribution is -2.52. The summed E-state index contributed by atoms with van der Waals surface area (Å²) in [4.78, 5) is 25.2. The summed E-state index contributed by atoms with van der Waals surface area (Å²) in [7, 11) is 0. The fourth-order valence-corrected chi connectivity index (χ4v) is 4.40. The van der Waals surface area contributed by atoms with E-state index in [4.69, 9.17) is 4.74 Å². The number of aryl methyl sites for hydroxylation is 1. The second-order valence-corrected chi connectivity index (χ2v) is 8.62. The quantitative estimate of drug-likeness (QED) is 0.298. The lowest BCUT2D eigenvalue weighted by Gasteiger charge is -2.23. The lowest BCUT2D eigenvalue weighted by molar-refractivity contribution is -0.258. The highest BCUT2D eigenvalue weighted by atomic mass is 32.1. The van der Waals surface area contributed by atoms with Crippen LogP contribution in [0.4, 0.5) is 37.3 Å². The molecule has 15 heteroatoms. The lowest BCUT2D eigenvalue weighted by atomic mass is 10.2. The minimum absolute atomic E-state index is 0.135. The van der Waals surface area contributed by atoms with E-state index in [1.54, 1.807) is 19.2 Å². The Morgan fingerprint density at radius 3 is 2.44 bits per heavy atom. The standard InChI is InChI=1S/C19H17F6N5O2S2/c1-3-32-15(31)14-28-9(2)13(34-14)11-8-33-17(29-11)30-12-5-4-10(6-26-12)7-27-16(18(20,21)22)19(23,24)25/h4-6,8,16,27H,3,7H2,1-2H3,(H,26,29,30). The van der Waals surface area contributed by atoms with Crippen molar-refractivity contribution in [1.82, 2.24) is 20.3 Å². The van der Waals surface area contributed by atoms with E-state index >= 15 is 0 Å². The molecule has 0 atom stereocenters. The van der Waals surface area contributed by atoms with Crippen molar-refractivity contribution < 1.29 is 35.9 Å². The van der Waals surface area contributed by atoms with Gasteiger partial charge in [-0.1, -0.05) is 6.07 Å². The number of halogens is 6. The molecule has 0 radical (unpaired) electrons. The van der Waals surface area contributed by atoms with Crippen LogP contribution in [0.5, 0.6) is 0 Å². The topological polar surface area (TPSA) is 89.0 Å². The SMILES string of the molecule is CCOC(=O)c1nc(C)c(-c2csc(Nc3ccc(CNC(C(F)(F)F)C(F)(F)F)cn3)n2)s1. The number of esters is 1. The van der Waals surface area contributed by atoms with Crippen molar-refractivity contribution in [3.8, 4) is 10.6 Å². The van der Waals surface area contributed by atoms with Gasteiger partial charge in [-0.3, -0.25) is 5.32 Å². The molecule has 2 N–H and O–H groups in total. The first-order chi connectivity index (χ1) is 15.9. The zero-order chi connectivity index (χ0) is 25.1. The number of anilines is 2. The second-order valence-electron chi connectivity index (χ2n) is 6.77. The van der Waals surface area contributed by atoms with E-state index in [9.17, 15) is 31.1 Å². The predicted molar refractivity (Wildman–Crippen MR) is 114 cm³/mol. The van der Waals surface area contributed by atoms with Crippen LogP contribution < -0.4 is 10.6 Å². The molecular weight excluding hydrogens is 508 g/mol. The summed E-state index contributed by atoms with van der Waals surface area (Å²) in [6.45, 7) is 2.98. The third kappa shape index (κ3) is 6.42. The summed E-state index contributed by atoms with van der Waals surface area (Å²) in [5.74, 6) is -0.230. The average molecular weight is 526 g/mol. The van der Waals surface area contributed by atoms with Crippen molar-refractivity contribution in [2.75, 3.05) is 11.9 Å². The number of thiazole rings is 2. The van der Waals surface area contributed by atoms with Crippen molar-refractivity contribution in [1.29, 1.82) is 0 Å². The number of nitrogens with one attached hydrogen (secondary N) is 2. The van der Waals surface area contributed by atoms with Gasteiger partial charge in [0.2, 0.25) is 11.0 Å². The summed E-state index contributed by atoms with van der Waals surface area (Å²) < 4.78 is 80.6. The van der Waals surface area contributed by atoms with Crippen LogP contribution in [0.25, 0.3) is 10.6 Å². The second kappa shape index (κ2) is 10.2. The third-order valence-electron chi connectivity index (χ3n) is 4.21. The summed E-state index contributed by atoms with van der Waals surface area (Å²) in [5, 5.41) is 6.77. The first-order valence-corrected chi connectivity index (χ1v) is 11.3. The van der Waals surface area contributed by atoms with Crippen molar-refractivity contribution in [2.24, 2.45) is 0 Å². The van der Waals surface area contributed by atoms with Crippen LogP contribution in [0, 0.1) is 6.92 Å². The van der Waals surface area contributed by atoms with Gasteiger partial charge in [0.1, 0.15) is 5.82 Å². The average Bonchev–Trinajstić information content (AvgIpc) is 3.34. The normalized spacial score (nSPS) is 12.3. The maximum absolute atomic E-state index is 12.6. The van der Waals surface area contributed by atoms with E-state index < -0.39 is 30.9 Å². The Hall–Kier alpha value is -2.78. The smallest absolute Gasteiger partial charge is 0.412 e. The molecule has 0 aliphatic heterocycles. The number of carbonyl (C=O) groups excluding carboxylic acids is 1. The number of nitrogens with zero attached hydrogens (tertiary/aromatic N) is 3. The van der Waals surface area contributed by atoms with Crippen molar-refractivity contribution in [3.05, 3.63) is 40.0 Å². The maximum Gasteiger partial charge on any atom is 0.412 e. The van der Waals surface area contributed by atoms with E-state index in [1.807, 2.05) is 0 Å². The van der Waals surface area contributed by atoms with E-state index in [0.29, 0.717) is 27.2 Å². The number of hydrogen-bond donors (Lipinski definition) is 2. The maximum atomic E-state index is 12.6. The van der Waals surface area contributed by atoms with Crippen LogP contribution >= 0.6 is 22.7 Å². The number of pyridine rings is 1. The van der Waals surface area contributed by atoms with Crippen LogP contribution in [0.1, 0.15) is 28.0 Å². The van der Waals surface area contributed by atoms with Gasteiger partial charge in [0.15, 0.2) is 5.13 Å². The molecular formula is C19H17F6N5O2S2. The number of aromatic nitrogens is 3. The first kappa shape index (κ1) is 25.8. The molecule has 0 saturated carbocycles. The molecule has 184 valence electrons. The van der Waals surface area contributed by atoms with Crippen LogP contribution in [0.3, 0.4) is 0 Å². The number of alkyl halides is 6. The molecule has 0 aliphatic rings. The first-order valence-electron chi connectivity index (χ1n) is 9.57. The monoisotopic (exact) mass is 525 g/mol. The van der Waals surface area contributed by atoms with Crippen molar-refractivity contribution in [2.45, 2.75) is 38.8 Å². The molecule has 34 heavy (non-hydrogen) atoms. The van der Waals surface area contributed by atoms with E-state index in [2.05, 4.69) is 20.3 Å². The van der Waals surface area contributed by atoms with Crippen LogP contribution in [0.2, 0.25) is 0 Å². The summed E-state index contributed by atoms with van der Waals surface area (Å²) in [6, 6.07) is -0.879. The Labute approximate surface area is 197 Å². The Morgan fingerprint density at radius 1 is 1.15 bits per heavy atom. The Balaban J connectivity index is 1.64. The molecule has 0 amide bonds. The molecule has 3 aromatic heterocycles. The molecule has 7 nitrogen and oxygen atoms in total. The number of rotatable bonds is 8. The van der Waals surface area contributed by atoms with Gasteiger partial charge in [-0.25, -0.2) is 19.7 Å². The van der Waals surface area contributed by atoms with Crippen LogP contribution in [-0.2, 0) is 11.3 Å². The highest BCUT2D eigenvalue weighted by Crippen LogP contribution is 2.34. The van der Waals surface area contributed by atoms with Crippen LogP contribution in [0.15, 0.2) is 23.7 Å². The molecule has 3 rings (SSSR count).